The number of nitrogens with one attached hydrogen (secondary N) is 1. The van der Waals surface area contributed by atoms with E-state index in [0.717, 1.165) is 37.8 Å². The standard InChI is InChI=1S/C25H32N2O4S/c1-2-3-6-13-26-25(32)19-15-30-24(27-19)23-18(20-10-11-21(23)31-20)14-17-8-5-4-7-16(17)9-12-22(28)29/h4-5,7-8,15,18,20-21,23H,2-3,6,9-14H2,1H3,(H,26,32)(H,28,29)/t18-,20-,21+,23-/m0/s1. The Morgan fingerprint density at radius 2 is 2.00 bits per heavy atom. The third kappa shape index (κ3) is 5.21. The molecule has 3 heterocycles. The van der Waals surface area contributed by atoms with E-state index >= 15 is 0 Å². The van der Waals surface area contributed by atoms with E-state index in [1.165, 1.54) is 18.4 Å². The van der Waals surface area contributed by atoms with Gasteiger partial charge in [-0.3, -0.25) is 4.79 Å². The molecule has 2 bridgehead atoms. The summed E-state index contributed by atoms with van der Waals surface area (Å²) in [6, 6.07) is 8.14. The molecular weight excluding hydrogens is 424 g/mol. The first-order chi connectivity index (χ1) is 15.6. The van der Waals surface area contributed by atoms with Crippen molar-refractivity contribution in [3.8, 4) is 0 Å². The second kappa shape index (κ2) is 10.6. The molecule has 2 fully saturated rings. The maximum atomic E-state index is 11.1. The lowest BCUT2D eigenvalue weighted by molar-refractivity contribution is -0.136. The average molecular weight is 457 g/mol. The van der Waals surface area contributed by atoms with E-state index in [1.54, 1.807) is 6.26 Å². The Balaban J connectivity index is 1.47. The number of fused-ring (bicyclic) bond motifs is 2. The Hall–Kier alpha value is -2.25. The van der Waals surface area contributed by atoms with Crippen LogP contribution in [-0.4, -0.2) is 39.8 Å². The van der Waals surface area contributed by atoms with E-state index < -0.39 is 5.97 Å². The Morgan fingerprint density at radius 3 is 2.78 bits per heavy atom. The lowest BCUT2D eigenvalue weighted by Crippen LogP contribution is -2.28. The van der Waals surface area contributed by atoms with Gasteiger partial charge in [0.15, 0.2) is 0 Å². The Morgan fingerprint density at radius 1 is 1.22 bits per heavy atom. The largest absolute Gasteiger partial charge is 0.481 e. The normalized spacial score (nSPS) is 24.0. The number of hydrogen-bond acceptors (Lipinski definition) is 5. The van der Waals surface area contributed by atoms with Crippen LogP contribution in [0.2, 0.25) is 0 Å². The fraction of sp³-hybridized carbons (Fsp3) is 0.560. The van der Waals surface area contributed by atoms with Crippen LogP contribution in [0, 0.1) is 5.92 Å². The van der Waals surface area contributed by atoms with Crippen LogP contribution in [0.15, 0.2) is 34.9 Å². The number of carboxylic acids is 1. The molecule has 32 heavy (non-hydrogen) atoms. The van der Waals surface area contributed by atoms with Gasteiger partial charge in [0, 0.05) is 18.9 Å². The first-order valence-corrected chi connectivity index (χ1v) is 12.1. The molecule has 0 aliphatic carbocycles. The van der Waals surface area contributed by atoms with Gasteiger partial charge < -0.3 is 19.6 Å². The number of thiocarbonyl (C=S) groups is 1. The van der Waals surface area contributed by atoms with Gasteiger partial charge in [-0.2, -0.15) is 0 Å². The number of ether oxygens (including phenoxy) is 1. The lowest BCUT2D eigenvalue weighted by Gasteiger charge is -2.26. The van der Waals surface area contributed by atoms with Crippen molar-refractivity contribution in [2.45, 2.75) is 76.4 Å². The van der Waals surface area contributed by atoms with Crippen molar-refractivity contribution in [1.29, 1.82) is 0 Å². The Bertz CT molecular complexity index is 944. The number of carboxylic acid groups (broad SMARTS) is 1. The van der Waals surface area contributed by atoms with Crippen LogP contribution in [0.4, 0.5) is 0 Å². The van der Waals surface area contributed by atoms with Crippen LogP contribution in [0.5, 0.6) is 0 Å². The highest BCUT2D eigenvalue weighted by atomic mass is 32.1. The van der Waals surface area contributed by atoms with Crippen molar-refractivity contribution >= 4 is 23.2 Å². The first-order valence-electron chi connectivity index (χ1n) is 11.7. The number of oxazole rings is 1. The van der Waals surface area contributed by atoms with Crippen molar-refractivity contribution < 1.29 is 19.1 Å². The SMILES string of the molecule is CCCCCNC(=S)c1coc([C@H]2[C@@H](Cc3ccccc3CCC(=O)O)[C@@H]3CC[C@H]2O3)n1. The van der Waals surface area contributed by atoms with Gasteiger partial charge in [0.05, 0.1) is 18.1 Å². The van der Waals surface area contributed by atoms with Crippen molar-refractivity contribution in [3.63, 3.8) is 0 Å². The number of nitrogens with zero attached hydrogens (tertiary/aromatic N) is 1. The van der Waals surface area contributed by atoms with Gasteiger partial charge >= 0.3 is 5.97 Å². The molecule has 2 aromatic rings. The highest BCUT2D eigenvalue weighted by molar-refractivity contribution is 7.80. The Labute approximate surface area is 194 Å². The van der Waals surface area contributed by atoms with Crippen molar-refractivity contribution in [2.75, 3.05) is 6.54 Å². The number of benzene rings is 1. The van der Waals surface area contributed by atoms with E-state index in [1.807, 2.05) is 18.2 Å². The molecule has 1 aromatic heterocycles. The molecule has 4 atom stereocenters. The van der Waals surface area contributed by atoms with Crippen LogP contribution >= 0.6 is 12.2 Å². The zero-order valence-corrected chi connectivity index (χ0v) is 19.4. The second-order valence-electron chi connectivity index (χ2n) is 8.88. The van der Waals surface area contributed by atoms with Gasteiger partial charge in [-0.1, -0.05) is 56.2 Å². The predicted octanol–water partition coefficient (Wildman–Crippen LogP) is 4.65. The van der Waals surface area contributed by atoms with Crippen LogP contribution in [0.25, 0.3) is 0 Å². The summed E-state index contributed by atoms with van der Waals surface area (Å²) in [6.07, 6.45) is 8.99. The maximum absolute atomic E-state index is 11.1. The first kappa shape index (κ1) is 22.9. The van der Waals surface area contributed by atoms with Gasteiger partial charge in [-0.15, -0.1) is 0 Å². The van der Waals surface area contributed by atoms with Crippen LogP contribution in [0.1, 0.15) is 74.1 Å². The van der Waals surface area contributed by atoms with Crippen molar-refractivity contribution in [1.82, 2.24) is 10.3 Å². The maximum Gasteiger partial charge on any atom is 0.303 e. The van der Waals surface area contributed by atoms with Gasteiger partial charge in [-0.05, 0) is 43.2 Å². The quantitative estimate of drug-likeness (QED) is 0.376. The molecule has 0 amide bonds. The van der Waals surface area contributed by atoms with Gasteiger partial charge in [0.1, 0.15) is 16.9 Å². The van der Waals surface area contributed by atoms with E-state index in [-0.39, 0.29) is 30.5 Å². The fourth-order valence-electron chi connectivity index (χ4n) is 5.08. The summed E-state index contributed by atoms with van der Waals surface area (Å²) in [5.74, 6) is 0.292. The van der Waals surface area contributed by atoms with Gasteiger partial charge in [-0.25, -0.2) is 4.98 Å². The van der Waals surface area contributed by atoms with E-state index in [0.29, 0.717) is 23.0 Å². The molecule has 0 unspecified atom stereocenters. The number of aromatic nitrogens is 1. The highest BCUT2D eigenvalue weighted by Gasteiger charge is 2.51. The fourth-order valence-corrected chi connectivity index (χ4v) is 5.28. The number of rotatable bonds is 11. The molecule has 2 aliphatic heterocycles. The molecule has 6 nitrogen and oxygen atoms in total. The number of aliphatic carboxylic acids is 1. The monoisotopic (exact) mass is 456 g/mol. The smallest absolute Gasteiger partial charge is 0.303 e. The van der Waals surface area contributed by atoms with E-state index in [4.69, 9.17) is 31.5 Å². The predicted molar refractivity (Wildman–Crippen MR) is 126 cm³/mol. The van der Waals surface area contributed by atoms with Crippen LogP contribution < -0.4 is 5.32 Å². The number of aryl methyl sites for hydroxylation is 1. The molecular formula is C25H32N2O4S. The summed E-state index contributed by atoms with van der Waals surface area (Å²) in [6.45, 7) is 3.03. The van der Waals surface area contributed by atoms with Crippen molar-refractivity contribution in [3.05, 3.63) is 53.2 Å². The molecule has 1 aromatic carbocycles. The minimum atomic E-state index is -0.771. The van der Waals surface area contributed by atoms with Crippen LogP contribution in [0.3, 0.4) is 0 Å². The molecule has 2 N–H and O–H groups in total. The average Bonchev–Trinajstić information content (AvgIpc) is 3.52. The summed E-state index contributed by atoms with van der Waals surface area (Å²) in [7, 11) is 0. The summed E-state index contributed by atoms with van der Waals surface area (Å²) in [5, 5.41) is 12.4. The topological polar surface area (TPSA) is 84.6 Å². The summed E-state index contributed by atoms with van der Waals surface area (Å²) in [4.78, 5) is 16.5. The molecule has 172 valence electrons. The molecule has 0 saturated carbocycles. The third-order valence-corrected chi connectivity index (χ3v) is 7.07. The molecule has 2 aliphatic rings. The van der Waals surface area contributed by atoms with Crippen molar-refractivity contribution in [2.24, 2.45) is 5.92 Å². The Kier molecular flexibility index (Phi) is 7.58. The zero-order valence-electron chi connectivity index (χ0n) is 18.6. The highest BCUT2D eigenvalue weighted by Crippen LogP contribution is 2.50. The van der Waals surface area contributed by atoms with Gasteiger partial charge in [0.2, 0.25) is 5.89 Å². The minimum absolute atomic E-state index is 0.0953. The molecule has 7 heteroatoms. The number of carbonyl (C=O) groups is 1. The van der Waals surface area contributed by atoms with E-state index in [9.17, 15) is 4.79 Å². The lowest BCUT2D eigenvalue weighted by atomic mass is 9.75. The summed E-state index contributed by atoms with van der Waals surface area (Å²) < 4.78 is 12.2. The number of hydrogen-bond donors (Lipinski definition) is 2. The third-order valence-electron chi connectivity index (χ3n) is 6.71. The summed E-state index contributed by atoms with van der Waals surface area (Å²) in [5.41, 5.74) is 2.98. The molecule has 0 radical (unpaired) electrons. The molecule has 0 spiro atoms. The summed E-state index contributed by atoms with van der Waals surface area (Å²) >= 11 is 5.51. The van der Waals surface area contributed by atoms with E-state index in [2.05, 4.69) is 18.3 Å². The molecule has 4 rings (SSSR count). The second-order valence-corrected chi connectivity index (χ2v) is 9.29. The van der Waals surface area contributed by atoms with Gasteiger partial charge in [0.25, 0.3) is 0 Å². The molecule has 2 saturated heterocycles. The zero-order chi connectivity index (χ0) is 22.5. The minimum Gasteiger partial charge on any atom is -0.481 e. The van der Waals surface area contributed by atoms with Crippen LogP contribution in [-0.2, 0) is 22.4 Å². The number of unbranched alkanes of at least 4 members (excludes halogenated alkanes) is 2.